The van der Waals surface area contributed by atoms with E-state index in [2.05, 4.69) is 167 Å². The summed E-state index contributed by atoms with van der Waals surface area (Å²) in [4.78, 5) is 38.4. The van der Waals surface area contributed by atoms with Crippen LogP contribution in [-0.4, -0.2) is 37.2 Å². The van der Waals surface area contributed by atoms with Crippen molar-refractivity contribution in [1.82, 2.24) is 0 Å². The van der Waals surface area contributed by atoms with Gasteiger partial charge in [0.1, 0.15) is 13.2 Å². The Bertz CT molecular complexity index is 1760. The molecular weight excluding hydrogens is 997 g/mol. The zero-order valence-electron chi connectivity index (χ0n) is 52.5. The highest BCUT2D eigenvalue weighted by molar-refractivity contribution is 5.71. The van der Waals surface area contributed by atoms with Gasteiger partial charge in [-0.2, -0.15) is 0 Å². The molecule has 0 aromatic carbocycles. The van der Waals surface area contributed by atoms with Crippen LogP contribution >= 0.6 is 0 Å². The molecule has 0 aromatic rings. The van der Waals surface area contributed by atoms with Gasteiger partial charge in [0.05, 0.1) is 0 Å². The van der Waals surface area contributed by atoms with Gasteiger partial charge in [0, 0.05) is 19.3 Å². The van der Waals surface area contributed by atoms with E-state index in [4.69, 9.17) is 14.2 Å². The van der Waals surface area contributed by atoms with Crippen molar-refractivity contribution in [1.29, 1.82) is 0 Å². The van der Waals surface area contributed by atoms with Crippen molar-refractivity contribution in [2.24, 2.45) is 0 Å². The molecule has 81 heavy (non-hydrogen) atoms. The SMILES string of the molecule is CC/C=C\C/C=C\C/C=C\C/C=C\C/C=C\CCCCCC(=O)OC(COC(=O)CCCCCC/C=C\C/C=C\C/C=C\C/C=C\CC)COC(=O)CCCCCCCCCCCCCC/C=C\C/C=C\C/C=C\CCCCCCC. The average Bonchev–Trinajstić information content (AvgIpc) is 3.47. The maximum atomic E-state index is 12.9. The lowest BCUT2D eigenvalue weighted by Crippen LogP contribution is -2.30. The van der Waals surface area contributed by atoms with E-state index in [9.17, 15) is 14.4 Å². The minimum Gasteiger partial charge on any atom is -0.462 e. The highest BCUT2D eigenvalue weighted by atomic mass is 16.6. The van der Waals surface area contributed by atoms with Gasteiger partial charge in [-0.3, -0.25) is 14.4 Å². The number of esters is 3. The number of rotatable bonds is 59. The minimum absolute atomic E-state index is 0.105. The van der Waals surface area contributed by atoms with Crippen molar-refractivity contribution < 1.29 is 28.6 Å². The van der Waals surface area contributed by atoms with Crippen LogP contribution < -0.4 is 0 Å². The van der Waals surface area contributed by atoms with Gasteiger partial charge in [0.2, 0.25) is 0 Å². The van der Waals surface area contributed by atoms with Gasteiger partial charge < -0.3 is 14.2 Å². The lowest BCUT2D eigenvalue weighted by atomic mass is 10.0. The van der Waals surface area contributed by atoms with Crippen LogP contribution in [0.5, 0.6) is 0 Å². The molecule has 0 spiro atoms. The first-order valence-electron chi connectivity index (χ1n) is 33.3. The standard InChI is InChI=1S/C75H122O6/c1-4-7-10-13-16-19-22-25-28-31-33-34-35-36-37-38-39-40-42-44-47-50-53-56-59-62-65-68-74(77)80-71-72(70-79-73(76)67-64-61-58-55-52-49-46-43-30-27-24-21-18-15-12-9-6-3)81-75(78)69-66-63-60-57-54-51-48-45-41-32-29-26-23-20-17-14-11-8-5-2/h8-9,11-12,17-18,20-22,25-27,29-31,33,35-36,41,45-46,49,51,54,72H,4-7,10,13-16,19,23-24,28,32,34,37-40,42-44,47-48,50,52-53,55-71H2,1-3H3/b11-8-,12-9-,20-17-,21-18-,25-22-,29-26-,30-27-,33-31-,36-35-,45-41-,49-46-,54-51-. The summed E-state index contributed by atoms with van der Waals surface area (Å²) in [6, 6.07) is 0. The van der Waals surface area contributed by atoms with Crippen molar-refractivity contribution >= 4 is 17.9 Å². The van der Waals surface area contributed by atoms with Crippen molar-refractivity contribution in [3.05, 3.63) is 146 Å². The van der Waals surface area contributed by atoms with Crippen LogP contribution in [0, 0.1) is 0 Å². The van der Waals surface area contributed by atoms with Gasteiger partial charge in [0.25, 0.3) is 0 Å². The zero-order chi connectivity index (χ0) is 58.5. The third-order valence-corrected chi connectivity index (χ3v) is 13.8. The largest absolute Gasteiger partial charge is 0.462 e. The van der Waals surface area contributed by atoms with Crippen LogP contribution in [0.4, 0.5) is 0 Å². The Kier molecular flexibility index (Phi) is 63.9. The first-order chi connectivity index (χ1) is 40.0. The number of carbonyl (C=O) groups is 3. The van der Waals surface area contributed by atoms with Gasteiger partial charge >= 0.3 is 17.9 Å². The van der Waals surface area contributed by atoms with Crippen molar-refractivity contribution in [3.8, 4) is 0 Å². The molecule has 0 aromatic heterocycles. The van der Waals surface area contributed by atoms with Gasteiger partial charge in [-0.05, 0) is 141 Å². The van der Waals surface area contributed by atoms with E-state index in [0.29, 0.717) is 19.3 Å². The predicted molar refractivity (Wildman–Crippen MR) is 352 cm³/mol. The number of carbonyl (C=O) groups excluding carboxylic acids is 3. The van der Waals surface area contributed by atoms with Gasteiger partial charge in [0.15, 0.2) is 6.10 Å². The fourth-order valence-corrected chi connectivity index (χ4v) is 8.88. The smallest absolute Gasteiger partial charge is 0.306 e. The molecule has 0 amide bonds. The summed E-state index contributed by atoms with van der Waals surface area (Å²) >= 11 is 0. The highest BCUT2D eigenvalue weighted by Crippen LogP contribution is 2.15. The fourth-order valence-electron chi connectivity index (χ4n) is 8.88. The topological polar surface area (TPSA) is 78.9 Å². The third kappa shape index (κ3) is 66.0. The molecule has 6 heteroatoms. The second kappa shape index (κ2) is 67.8. The van der Waals surface area contributed by atoms with E-state index < -0.39 is 6.10 Å². The van der Waals surface area contributed by atoms with Crippen LogP contribution in [0.15, 0.2) is 146 Å². The van der Waals surface area contributed by atoms with Crippen molar-refractivity contribution in [3.63, 3.8) is 0 Å². The van der Waals surface area contributed by atoms with Crippen LogP contribution in [0.1, 0.15) is 290 Å². The minimum atomic E-state index is -0.815. The molecule has 6 nitrogen and oxygen atoms in total. The van der Waals surface area contributed by atoms with E-state index in [-0.39, 0.29) is 37.5 Å². The van der Waals surface area contributed by atoms with Gasteiger partial charge in [-0.1, -0.05) is 276 Å². The van der Waals surface area contributed by atoms with Crippen molar-refractivity contribution in [2.45, 2.75) is 297 Å². The van der Waals surface area contributed by atoms with Crippen LogP contribution in [-0.2, 0) is 28.6 Å². The molecule has 0 heterocycles. The summed E-state index contributed by atoms with van der Waals surface area (Å²) in [6.07, 6.45) is 97.1. The number of hydrogen-bond donors (Lipinski definition) is 0. The number of hydrogen-bond acceptors (Lipinski definition) is 6. The number of unbranched alkanes of at least 4 members (excludes halogenated alkanes) is 24. The quantitative estimate of drug-likeness (QED) is 0.0261. The summed E-state index contributed by atoms with van der Waals surface area (Å²) in [6.45, 7) is 6.36. The highest BCUT2D eigenvalue weighted by Gasteiger charge is 2.19. The molecule has 0 saturated heterocycles. The maximum Gasteiger partial charge on any atom is 0.306 e. The Morgan fingerprint density at radius 3 is 0.765 bits per heavy atom. The molecule has 0 aliphatic rings. The van der Waals surface area contributed by atoms with E-state index in [0.717, 1.165) is 141 Å². The average molecular weight is 1120 g/mol. The van der Waals surface area contributed by atoms with E-state index in [1.807, 2.05) is 0 Å². The Balaban J connectivity index is 4.43. The Morgan fingerprint density at radius 2 is 0.481 bits per heavy atom. The van der Waals surface area contributed by atoms with Gasteiger partial charge in [-0.15, -0.1) is 0 Å². The summed E-state index contributed by atoms with van der Waals surface area (Å²) in [5, 5.41) is 0. The fraction of sp³-hybridized carbons (Fsp3) is 0.640. The zero-order valence-corrected chi connectivity index (χ0v) is 52.5. The molecule has 0 bridgehead atoms. The van der Waals surface area contributed by atoms with Crippen LogP contribution in [0.25, 0.3) is 0 Å². The first-order valence-corrected chi connectivity index (χ1v) is 33.3. The molecule has 0 aliphatic carbocycles. The number of ether oxygens (including phenoxy) is 3. The van der Waals surface area contributed by atoms with Crippen LogP contribution in [0.3, 0.4) is 0 Å². The lowest BCUT2D eigenvalue weighted by Gasteiger charge is -2.18. The maximum absolute atomic E-state index is 12.9. The second-order valence-electron chi connectivity index (χ2n) is 21.6. The Hall–Kier alpha value is -4.71. The normalized spacial score (nSPS) is 13.1. The van der Waals surface area contributed by atoms with E-state index in [1.54, 1.807) is 0 Å². The monoisotopic (exact) mass is 1120 g/mol. The Morgan fingerprint density at radius 1 is 0.259 bits per heavy atom. The van der Waals surface area contributed by atoms with E-state index >= 15 is 0 Å². The molecule has 0 rings (SSSR count). The second-order valence-corrected chi connectivity index (χ2v) is 21.6. The Labute approximate surface area is 499 Å². The lowest BCUT2D eigenvalue weighted by molar-refractivity contribution is -0.167. The number of allylic oxidation sites excluding steroid dienone is 24. The first kappa shape index (κ1) is 76.3. The summed E-state index contributed by atoms with van der Waals surface area (Å²) in [7, 11) is 0. The van der Waals surface area contributed by atoms with Crippen LogP contribution in [0.2, 0.25) is 0 Å². The summed E-state index contributed by atoms with van der Waals surface area (Å²) < 4.78 is 16.9. The van der Waals surface area contributed by atoms with E-state index in [1.165, 1.54) is 103 Å². The third-order valence-electron chi connectivity index (χ3n) is 13.8. The molecule has 0 fully saturated rings. The molecule has 0 aliphatic heterocycles. The van der Waals surface area contributed by atoms with Gasteiger partial charge in [-0.25, -0.2) is 0 Å². The van der Waals surface area contributed by atoms with Crippen molar-refractivity contribution in [2.75, 3.05) is 13.2 Å². The molecule has 1 unspecified atom stereocenters. The molecule has 458 valence electrons. The molecule has 0 N–H and O–H groups in total. The summed E-state index contributed by atoms with van der Waals surface area (Å²) in [5.41, 5.74) is 0. The molecule has 1 atom stereocenters. The molecular formula is C75H122O6. The molecule has 0 saturated carbocycles. The summed E-state index contributed by atoms with van der Waals surface area (Å²) in [5.74, 6) is -0.962. The molecule has 0 radical (unpaired) electrons. The predicted octanol–water partition coefficient (Wildman–Crippen LogP) is 23.1.